The van der Waals surface area contributed by atoms with Crippen LogP contribution in [0, 0.1) is 11.3 Å². The molecular formula is C24H18ClN7O. The minimum atomic E-state index is -0.442. The van der Waals surface area contributed by atoms with Crippen molar-refractivity contribution in [2.75, 3.05) is 0 Å². The fourth-order valence-electron chi connectivity index (χ4n) is 3.85. The van der Waals surface area contributed by atoms with Crippen LogP contribution >= 0.6 is 11.6 Å². The van der Waals surface area contributed by atoms with E-state index in [-0.39, 0.29) is 5.69 Å². The first-order valence-corrected chi connectivity index (χ1v) is 10.6. The van der Waals surface area contributed by atoms with E-state index in [1.807, 2.05) is 45.0 Å². The van der Waals surface area contributed by atoms with E-state index in [9.17, 15) is 10.1 Å². The van der Waals surface area contributed by atoms with Crippen molar-refractivity contribution in [2.45, 2.75) is 26.2 Å². The Morgan fingerprint density at radius 2 is 1.88 bits per heavy atom. The first kappa shape index (κ1) is 20.8. The van der Waals surface area contributed by atoms with Gasteiger partial charge in [-0.05, 0) is 18.2 Å². The van der Waals surface area contributed by atoms with Crippen LogP contribution in [0.3, 0.4) is 0 Å². The van der Waals surface area contributed by atoms with Gasteiger partial charge in [-0.2, -0.15) is 10.4 Å². The molecule has 1 N–H and O–H groups in total. The number of rotatable bonds is 2. The van der Waals surface area contributed by atoms with Crippen LogP contribution < -0.4 is 5.69 Å². The quantitative estimate of drug-likeness (QED) is 0.418. The third-order valence-corrected chi connectivity index (χ3v) is 5.70. The number of hydrogen-bond donors (Lipinski definition) is 1. The molecule has 4 aromatic heterocycles. The maximum atomic E-state index is 12.6. The second-order valence-electron chi connectivity index (χ2n) is 8.64. The summed E-state index contributed by atoms with van der Waals surface area (Å²) in [5, 5.41) is 17.6. The number of nitriles is 1. The van der Waals surface area contributed by atoms with E-state index in [1.54, 1.807) is 24.5 Å². The standard InChI is InChI=1S/C24H18ClN7O/c1-24(2,3)22-29-20-16(21-30-31-23(33)32(21)22)10-15(17-12-27-9-8-13(17)11-26)19(28-20)14-6-4-5-7-18(14)25/h4-10,12H,1-3H3,(H,31,33). The van der Waals surface area contributed by atoms with Crippen molar-refractivity contribution in [3.63, 3.8) is 0 Å². The minimum Gasteiger partial charge on any atom is -0.264 e. The third-order valence-electron chi connectivity index (χ3n) is 5.37. The van der Waals surface area contributed by atoms with Gasteiger partial charge in [-0.15, -0.1) is 0 Å². The second kappa shape index (κ2) is 7.50. The Labute approximate surface area is 193 Å². The van der Waals surface area contributed by atoms with Crippen molar-refractivity contribution in [1.29, 1.82) is 5.26 Å². The number of aromatic nitrogens is 6. The molecule has 0 amide bonds. The molecule has 5 rings (SSSR count). The number of halogens is 1. The van der Waals surface area contributed by atoms with Crippen molar-refractivity contribution in [1.82, 2.24) is 29.5 Å². The van der Waals surface area contributed by atoms with E-state index in [2.05, 4.69) is 21.3 Å². The van der Waals surface area contributed by atoms with E-state index >= 15 is 0 Å². The van der Waals surface area contributed by atoms with Gasteiger partial charge in [0, 0.05) is 39.5 Å². The molecule has 0 atom stereocenters. The average Bonchev–Trinajstić information content (AvgIpc) is 3.19. The van der Waals surface area contributed by atoms with Gasteiger partial charge in [0.1, 0.15) is 5.82 Å². The van der Waals surface area contributed by atoms with Gasteiger partial charge in [0.15, 0.2) is 11.3 Å². The van der Waals surface area contributed by atoms with Crippen LogP contribution in [0.4, 0.5) is 0 Å². The lowest BCUT2D eigenvalue weighted by atomic mass is 9.94. The Kier molecular flexibility index (Phi) is 4.73. The van der Waals surface area contributed by atoms with Crippen molar-refractivity contribution in [3.05, 3.63) is 75.7 Å². The lowest BCUT2D eigenvalue weighted by Gasteiger charge is -2.20. The SMILES string of the molecule is CC(C)(C)c1nc2nc(-c3ccccc3Cl)c(-c3cnccc3C#N)cc2c2n[nH]c(=O)n12. The first-order chi connectivity index (χ1) is 15.8. The van der Waals surface area contributed by atoms with Crippen LogP contribution in [0.25, 0.3) is 39.1 Å². The van der Waals surface area contributed by atoms with Crippen LogP contribution in [-0.2, 0) is 5.41 Å². The number of pyridine rings is 2. The molecule has 0 saturated heterocycles. The predicted molar refractivity (Wildman–Crippen MR) is 126 cm³/mol. The lowest BCUT2D eigenvalue weighted by molar-refractivity contribution is 0.535. The summed E-state index contributed by atoms with van der Waals surface area (Å²) in [5.41, 5.74) is 2.96. The molecule has 0 fully saturated rings. The van der Waals surface area contributed by atoms with Crippen molar-refractivity contribution < 1.29 is 0 Å². The fourth-order valence-corrected chi connectivity index (χ4v) is 4.08. The number of fused-ring (bicyclic) bond motifs is 3. The topological polar surface area (TPSA) is 113 Å². The molecule has 0 radical (unpaired) electrons. The smallest absolute Gasteiger partial charge is 0.264 e. The number of nitrogens with one attached hydrogen (secondary N) is 1. The highest BCUT2D eigenvalue weighted by Gasteiger charge is 2.25. The van der Waals surface area contributed by atoms with E-state index < -0.39 is 5.41 Å². The Balaban J connectivity index is 1.98. The molecule has 33 heavy (non-hydrogen) atoms. The van der Waals surface area contributed by atoms with E-state index in [0.29, 0.717) is 55.5 Å². The third kappa shape index (κ3) is 3.34. The Hall–Kier alpha value is -4.09. The molecular weight excluding hydrogens is 438 g/mol. The second-order valence-corrected chi connectivity index (χ2v) is 9.05. The van der Waals surface area contributed by atoms with E-state index in [4.69, 9.17) is 21.6 Å². The van der Waals surface area contributed by atoms with Crippen LogP contribution in [0.2, 0.25) is 5.02 Å². The highest BCUT2D eigenvalue weighted by molar-refractivity contribution is 6.33. The van der Waals surface area contributed by atoms with Gasteiger partial charge in [0.05, 0.1) is 22.7 Å². The van der Waals surface area contributed by atoms with Gasteiger partial charge < -0.3 is 0 Å². The number of benzene rings is 1. The summed E-state index contributed by atoms with van der Waals surface area (Å²) in [6.45, 7) is 5.91. The number of H-pyrrole nitrogens is 1. The average molecular weight is 456 g/mol. The van der Waals surface area contributed by atoms with Crippen molar-refractivity contribution in [2.24, 2.45) is 0 Å². The molecule has 1 aromatic carbocycles. The van der Waals surface area contributed by atoms with Gasteiger partial charge in [0.25, 0.3) is 0 Å². The van der Waals surface area contributed by atoms with E-state index in [1.165, 1.54) is 4.40 Å². The maximum absolute atomic E-state index is 12.6. The minimum absolute atomic E-state index is 0.375. The zero-order valence-electron chi connectivity index (χ0n) is 18.1. The van der Waals surface area contributed by atoms with Gasteiger partial charge in [-0.25, -0.2) is 24.3 Å². The van der Waals surface area contributed by atoms with Gasteiger partial charge in [0.2, 0.25) is 0 Å². The van der Waals surface area contributed by atoms with Gasteiger partial charge >= 0.3 is 5.69 Å². The zero-order valence-corrected chi connectivity index (χ0v) is 18.8. The Morgan fingerprint density at radius 1 is 1.09 bits per heavy atom. The van der Waals surface area contributed by atoms with Gasteiger partial charge in [-0.3, -0.25) is 4.98 Å². The molecule has 0 aliphatic rings. The summed E-state index contributed by atoms with van der Waals surface area (Å²) in [4.78, 5) is 26.5. The molecule has 0 bridgehead atoms. The van der Waals surface area contributed by atoms with Gasteiger partial charge in [-0.1, -0.05) is 50.6 Å². The molecule has 0 aliphatic carbocycles. The summed E-state index contributed by atoms with van der Waals surface area (Å²) in [6, 6.07) is 13.1. The molecule has 0 aliphatic heterocycles. The molecule has 162 valence electrons. The monoisotopic (exact) mass is 455 g/mol. The number of nitrogens with zero attached hydrogens (tertiary/aromatic N) is 6. The van der Waals surface area contributed by atoms with Crippen LogP contribution in [0.15, 0.2) is 53.6 Å². The van der Waals surface area contributed by atoms with Crippen LogP contribution in [0.1, 0.15) is 32.2 Å². The molecule has 0 unspecified atom stereocenters. The van der Waals surface area contributed by atoms with Crippen molar-refractivity contribution >= 4 is 28.3 Å². The summed E-state index contributed by atoms with van der Waals surface area (Å²) in [6.07, 6.45) is 3.18. The van der Waals surface area contributed by atoms with Crippen molar-refractivity contribution in [3.8, 4) is 28.5 Å². The number of hydrogen-bond acceptors (Lipinski definition) is 6. The largest absolute Gasteiger partial charge is 0.349 e. The summed E-state index contributed by atoms with van der Waals surface area (Å²) >= 11 is 6.54. The summed E-state index contributed by atoms with van der Waals surface area (Å²) in [5.74, 6) is 0.535. The van der Waals surface area contributed by atoms with Crippen LogP contribution in [-0.4, -0.2) is 29.5 Å². The maximum Gasteiger partial charge on any atom is 0.349 e. The lowest BCUT2D eigenvalue weighted by Crippen LogP contribution is -2.25. The molecule has 9 heteroatoms. The van der Waals surface area contributed by atoms with Crippen LogP contribution in [0.5, 0.6) is 0 Å². The summed E-state index contributed by atoms with van der Waals surface area (Å²) < 4.78 is 1.47. The summed E-state index contributed by atoms with van der Waals surface area (Å²) in [7, 11) is 0. The van der Waals surface area contributed by atoms with E-state index in [0.717, 1.165) is 0 Å². The Morgan fingerprint density at radius 3 is 2.61 bits per heavy atom. The highest BCUT2D eigenvalue weighted by atomic mass is 35.5. The number of aromatic amines is 1. The molecule has 8 nitrogen and oxygen atoms in total. The highest BCUT2D eigenvalue weighted by Crippen LogP contribution is 2.38. The first-order valence-electron chi connectivity index (χ1n) is 10.2. The zero-order chi connectivity index (χ0) is 23.3. The predicted octanol–water partition coefficient (Wildman–Crippen LogP) is 4.52. The molecule has 0 spiro atoms. The fraction of sp³-hybridized carbons (Fsp3) is 0.167. The Bertz CT molecular complexity index is 1650. The normalized spacial score (nSPS) is 11.7. The molecule has 4 heterocycles. The molecule has 0 saturated carbocycles. The molecule has 5 aromatic rings.